The smallest absolute Gasteiger partial charge is 0.224 e. The molecule has 5 atom stereocenters. The van der Waals surface area contributed by atoms with Crippen molar-refractivity contribution in [1.82, 2.24) is 4.90 Å². The van der Waals surface area contributed by atoms with E-state index in [1.807, 2.05) is 0 Å². The molecule has 2 N–H and O–H groups in total. The zero-order valence-corrected chi connectivity index (χ0v) is 10.1. The number of nitrogens with zero attached hydrogens (tertiary/aromatic N) is 1. The molecule has 2 saturated carbocycles. The van der Waals surface area contributed by atoms with Crippen LogP contribution in [0.1, 0.15) is 39.0 Å². The van der Waals surface area contributed by atoms with Gasteiger partial charge in [-0.25, -0.2) is 0 Å². The number of fused-ring (bicyclic) bond motifs is 2. The van der Waals surface area contributed by atoms with E-state index < -0.39 is 0 Å². The number of rotatable bonds is 2. The van der Waals surface area contributed by atoms with Gasteiger partial charge in [-0.1, -0.05) is 6.42 Å². The first-order valence-corrected chi connectivity index (χ1v) is 6.70. The summed E-state index contributed by atoms with van der Waals surface area (Å²) < 4.78 is 0. The maximum atomic E-state index is 11.8. The lowest BCUT2D eigenvalue weighted by atomic mass is 9.83. The average Bonchev–Trinajstić information content (AvgIpc) is 2.91. The van der Waals surface area contributed by atoms with Crippen molar-refractivity contribution in [3.63, 3.8) is 0 Å². The van der Waals surface area contributed by atoms with Crippen LogP contribution < -0.4 is 5.73 Å². The Morgan fingerprint density at radius 2 is 2.19 bits per heavy atom. The summed E-state index contributed by atoms with van der Waals surface area (Å²) in [7, 11) is 0. The van der Waals surface area contributed by atoms with E-state index in [4.69, 9.17) is 5.73 Å². The molecule has 0 spiro atoms. The van der Waals surface area contributed by atoms with Crippen molar-refractivity contribution in [3.8, 4) is 0 Å². The van der Waals surface area contributed by atoms with E-state index in [1.54, 1.807) is 0 Å². The van der Waals surface area contributed by atoms with Gasteiger partial charge >= 0.3 is 0 Å². The summed E-state index contributed by atoms with van der Waals surface area (Å²) in [4.78, 5) is 13.9. The largest absolute Gasteiger partial charge is 0.338 e. The molecule has 0 aromatic heterocycles. The predicted octanol–water partition coefficient (Wildman–Crippen LogP) is 1.37. The Bertz CT molecular complexity index is 304. The highest BCUT2D eigenvalue weighted by atomic mass is 16.2. The quantitative estimate of drug-likeness (QED) is 0.767. The van der Waals surface area contributed by atoms with Crippen LogP contribution in [0.2, 0.25) is 0 Å². The Morgan fingerprint density at radius 1 is 1.38 bits per heavy atom. The number of nitrogens with two attached hydrogens (primary N) is 1. The maximum absolute atomic E-state index is 11.8. The minimum absolute atomic E-state index is 0.0774. The third-order valence-electron chi connectivity index (χ3n) is 5.09. The first-order chi connectivity index (χ1) is 7.65. The second-order valence-electron chi connectivity index (χ2n) is 6.09. The molecule has 3 fully saturated rings. The van der Waals surface area contributed by atoms with Gasteiger partial charge in [-0.3, -0.25) is 4.79 Å². The normalized spacial score (nSPS) is 44.4. The molecule has 0 aromatic rings. The summed E-state index contributed by atoms with van der Waals surface area (Å²) in [6.07, 6.45) is 6.16. The summed E-state index contributed by atoms with van der Waals surface area (Å²) in [6.45, 7) is 3.02. The summed E-state index contributed by atoms with van der Waals surface area (Å²) in [5.41, 5.74) is 5.87. The van der Waals surface area contributed by atoms with Crippen LogP contribution in [0.4, 0.5) is 0 Å². The first-order valence-electron chi connectivity index (χ1n) is 6.70. The van der Waals surface area contributed by atoms with Crippen LogP contribution >= 0.6 is 0 Å². The molecule has 0 radical (unpaired) electrons. The van der Waals surface area contributed by atoms with Crippen LogP contribution in [0, 0.1) is 17.8 Å². The van der Waals surface area contributed by atoms with Gasteiger partial charge < -0.3 is 10.6 Å². The molecule has 1 saturated heterocycles. The van der Waals surface area contributed by atoms with Crippen molar-refractivity contribution >= 4 is 5.91 Å². The Labute approximate surface area is 97.4 Å². The van der Waals surface area contributed by atoms with Gasteiger partial charge in [-0.05, 0) is 43.9 Å². The third-order valence-corrected chi connectivity index (χ3v) is 5.09. The fourth-order valence-electron chi connectivity index (χ4n) is 4.27. The molecule has 0 aromatic carbocycles. The Hall–Kier alpha value is -0.570. The van der Waals surface area contributed by atoms with Crippen molar-refractivity contribution in [2.24, 2.45) is 23.5 Å². The van der Waals surface area contributed by atoms with Crippen LogP contribution in [0.15, 0.2) is 0 Å². The fourth-order valence-corrected chi connectivity index (χ4v) is 4.27. The molecule has 5 unspecified atom stereocenters. The lowest BCUT2D eigenvalue weighted by Crippen LogP contribution is -2.42. The number of carbonyl (C=O) groups excluding carboxylic acids is 1. The van der Waals surface area contributed by atoms with Gasteiger partial charge in [0.05, 0.1) is 0 Å². The van der Waals surface area contributed by atoms with E-state index in [0.29, 0.717) is 12.5 Å². The molecule has 3 aliphatic rings. The van der Waals surface area contributed by atoms with Crippen LogP contribution in [0.25, 0.3) is 0 Å². The van der Waals surface area contributed by atoms with Crippen LogP contribution in [0.3, 0.4) is 0 Å². The van der Waals surface area contributed by atoms with Crippen molar-refractivity contribution in [2.75, 3.05) is 6.54 Å². The first kappa shape index (κ1) is 10.6. The molecule has 1 heterocycles. The molecule has 1 amide bonds. The minimum Gasteiger partial charge on any atom is -0.338 e. The van der Waals surface area contributed by atoms with Crippen molar-refractivity contribution < 1.29 is 4.79 Å². The molecule has 2 aliphatic carbocycles. The van der Waals surface area contributed by atoms with Crippen LogP contribution in [-0.4, -0.2) is 29.4 Å². The summed E-state index contributed by atoms with van der Waals surface area (Å²) in [5.74, 6) is 2.89. The highest BCUT2D eigenvalue weighted by Gasteiger charge is 2.45. The lowest BCUT2D eigenvalue weighted by molar-refractivity contribution is -0.130. The number of likely N-dealkylation sites (tertiary alicyclic amines) is 1. The van der Waals surface area contributed by atoms with Gasteiger partial charge in [0.2, 0.25) is 5.91 Å². The summed E-state index contributed by atoms with van der Waals surface area (Å²) in [5, 5.41) is 0. The van der Waals surface area contributed by atoms with E-state index in [2.05, 4.69) is 11.8 Å². The van der Waals surface area contributed by atoms with Gasteiger partial charge in [0, 0.05) is 25.0 Å². The van der Waals surface area contributed by atoms with E-state index in [9.17, 15) is 4.79 Å². The molecular formula is C13H22N2O. The SMILES string of the molecule is CC(C1CC2CCC1C2)N1CC(N)CC1=O. The van der Waals surface area contributed by atoms with Crippen molar-refractivity contribution in [2.45, 2.75) is 51.1 Å². The van der Waals surface area contributed by atoms with Gasteiger partial charge in [0.1, 0.15) is 0 Å². The van der Waals surface area contributed by atoms with Gasteiger partial charge in [-0.15, -0.1) is 0 Å². The standard InChI is InChI=1S/C13H22N2O/c1-8(15-7-11(14)6-13(15)16)12-5-9-2-3-10(12)4-9/h8-12H,2-7,14H2,1H3. The summed E-state index contributed by atoms with van der Waals surface area (Å²) >= 11 is 0. The topological polar surface area (TPSA) is 46.3 Å². The maximum Gasteiger partial charge on any atom is 0.224 e. The fraction of sp³-hybridized carbons (Fsp3) is 0.923. The Morgan fingerprint density at radius 3 is 2.69 bits per heavy atom. The van der Waals surface area contributed by atoms with Gasteiger partial charge in [-0.2, -0.15) is 0 Å². The molecule has 3 heteroatoms. The molecule has 16 heavy (non-hydrogen) atoms. The summed E-state index contributed by atoms with van der Waals surface area (Å²) in [6, 6.07) is 0.505. The second kappa shape index (κ2) is 3.73. The molecular weight excluding hydrogens is 200 g/mol. The van der Waals surface area contributed by atoms with Crippen LogP contribution in [0.5, 0.6) is 0 Å². The monoisotopic (exact) mass is 222 g/mol. The van der Waals surface area contributed by atoms with E-state index in [1.165, 1.54) is 25.7 Å². The van der Waals surface area contributed by atoms with Gasteiger partial charge in [0.25, 0.3) is 0 Å². The third kappa shape index (κ3) is 1.56. The Balaban J connectivity index is 1.69. The van der Waals surface area contributed by atoms with Crippen molar-refractivity contribution in [3.05, 3.63) is 0 Å². The number of carbonyl (C=O) groups is 1. The zero-order valence-electron chi connectivity index (χ0n) is 10.1. The number of hydrogen-bond acceptors (Lipinski definition) is 2. The average molecular weight is 222 g/mol. The number of hydrogen-bond donors (Lipinski definition) is 1. The predicted molar refractivity (Wildman–Crippen MR) is 62.7 cm³/mol. The molecule has 90 valence electrons. The number of amides is 1. The van der Waals surface area contributed by atoms with Crippen LogP contribution in [-0.2, 0) is 4.79 Å². The molecule has 3 rings (SSSR count). The Kier molecular flexibility index (Phi) is 2.46. The molecule has 3 nitrogen and oxygen atoms in total. The van der Waals surface area contributed by atoms with Crippen molar-refractivity contribution in [1.29, 1.82) is 0 Å². The molecule has 2 bridgehead atoms. The highest BCUT2D eigenvalue weighted by molar-refractivity contribution is 5.79. The van der Waals surface area contributed by atoms with E-state index in [-0.39, 0.29) is 11.9 Å². The zero-order chi connectivity index (χ0) is 11.3. The van der Waals surface area contributed by atoms with E-state index in [0.717, 1.165) is 24.3 Å². The van der Waals surface area contributed by atoms with E-state index >= 15 is 0 Å². The van der Waals surface area contributed by atoms with Gasteiger partial charge in [0.15, 0.2) is 0 Å². The lowest BCUT2D eigenvalue weighted by Gasteiger charge is -2.34. The minimum atomic E-state index is 0.0774. The highest BCUT2D eigenvalue weighted by Crippen LogP contribution is 2.50. The molecule has 1 aliphatic heterocycles. The second-order valence-corrected chi connectivity index (χ2v) is 6.09.